The van der Waals surface area contributed by atoms with Crippen LogP contribution in [-0.2, 0) is 6.54 Å². The molecule has 0 aliphatic carbocycles. The van der Waals surface area contributed by atoms with E-state index in [1.54, 1.807) is 12.3 Å². The third kappa shape index (κ3) is 4.26. The third-order valence-corrected chi connectivity index (χ3v) is 2.61. The second-order valence-electron chi connectivity index (χ2n) is 3.39. The van der Waals surface area contributed by atoms with Crippen LogP contribution < -0.4 is 11.1 Å². The molecular weight excluding hydrogens is 293 g/mol. The quantitative estimate of drug-likeness (QED) is 0.907. The Bertz CT molecular complexity index is 446. The van der Waals surface area contributed by atoms with Gasteiger partial charge >= 0.3 is 0 Å². The highest BCUT2D eigenvalue weighted by Crippen LogP contribution is 2.18. The lowest BCUT2D eigenvalue weighted by Crippen LogP contribution is -2.04. The maximum absolute atomic E-state index is 6.04. The Hall–Kier alpha value is -1.16. The zero-order valence-corrected chi connectivity index (χ0v) is 11.9. The minimum Gasteiger partial charge on any atom is -0.396 e. The van der Waals surface area contributed by atoms with Crippen LogP contribution in [-0.4, -0.2) is 4.98 Å². The summed E-state index contributed by atoms with van der Waals surface area (Å²) in [6.07, 6.45) is 1.70. The van der Waals surface area contributed by atoms with E-state index in [4.69, 9.17) is 17.3 Å². The number of hydrogen-bond acceptors (Lipinski definition) is 3. The lowest BCUT2D eigenvalue weighted by molar-refractivity contribution is 1.11. The van der Waals surface area contributed by atoms with E-state index in [1.165, 1.54) is 0 Å². The summed E-state index contributed by atoms with van der Waals surface area (Å²) >= 11 is 6.04. The van der Waals surface area contributed by atoms with Crippen LogP contribution >= 0.6 is 36.4 Å². The van der Waals surface area contributed by atoms with Crippen LogP contribution in [0.3, 0.4) is 0 Å². The zero-order chi connectivity index (χ0) is 11.4. The molecule has 1 heterocycles. The summed E-state index contributed by atoms with van der Waals surface area (Å²) < 4.78 is 0. The Kier molecular flexibility index (Phi) is 7.51. The van der Waals surface area contributed by atoms with Crippen LogP contribution in [0, 0.1) is 0 Å². The van der Waals surface area contributed by atoms with Crippen LogP contribution in [0.15, 0.2) is 42.6 Å². The van der Waals surface area contributed by atoms with Crippen molar-refractivity contribution >= 4 is 47.9 Å². The molecule has 1 aromatic heterocycles. The largest absolute Gasteiger partial charge is 0.396 e. The average molecular weight is 307 g/mol. The van der Waals surface area contributed by atoms with Crippen molar-refractivity contribution in [3.05, 3.63) is 53.2 Å². The zero-order valence-electron chi connectivity index (χ0n) is 9.47. The van der Waals surface area contributed by atoms with E-state index >= 15 is 0 Å². The van der Waals surface area contributed by atoms with Gasteiger partial charge in [0.25, 0.3) is 0 Å². The molecule has 1 aromatic carbocycles. The van der Waals surface area contributed by atoms with Gasteiger partial charge in [0, 0.05) is 17.8 Å². The highest BCUT2D eigenvalue weighted by atomic mass is 35.5. The molecule has 0 unspecified atom stereocenters. The molecule has 2 rings (SSSR count). The van der Waals surface area contributed by atoms with E-state index in [2.05, 4.69) is 10.3 Å². The van der Waals surface area contributed by atoms with Crippen molar-refractivity contribution in [1.29, 1.82) is 0 Å². The molecule has 0 aliphatic heterocycles. The number of pyridine rings is 1. The van der Waals surface area contributed by atoms with Crippen molar-refractivity contribution in [3.8, 4) is 0 Å². The van der Waals surface area contributed by atoms with E-state index in [1.807, 2.05) is 30.3 Å². The number of nitrogen functional groups attached to an aromatic ring is 1. The first kappa shape index (κ1) is 16.8. The van der Waals surface area contributed by atoms with Crippen LogP contribution in [0.2, 0.25) is 5.02 Å². The lowest BCUT2D eigenvalue weighted by atomic mass is 10.2. The summed E-state index contributed by atoms with van der Waals surface area (Å²) in [6, 6.07) is 11.3. The predicted molar refractivity (Wildman–Crippen MR) is 81.9 cm³/mol. The third-order valence-electron chi connectivity index (χ3n) is 2.24. The molecule has 0 saturated carbocycles. The normalized spacial score (nSPS) is 8.94. The number of rotatable bonds is 3. The maximum atomic E-state index is 6.04. The maximum Gasteiger partial charge on any atom is 0.149 e. The van der Waals surface area contributed by atoms with Crippen molar-refractivity contribution in [2.75, 3.05) is 11.1 Å². The first-order valence-electron chi connectivity index (χ1n) is 4.95. The van der Waals surface area contributed by atoms with E-state index < -0.39 is 0 Å². The van der Waals surface area contributed by atoms with Crippen molar-refractivity contribution in [2.45, 2.75) is 6.54 Å². The summed E-state index contributed by atoms with van der Waals surface area (Å²) in [5.41, 5.74) is 7.42. The monoisotopic (exact) mass is 305 g/mol. The lowest BCUT2D eigenvalue weighted by Gasteiger charge is -2.08. The predicted octanol–water partition coefficient (Wildman–Crippen LogP) is 3.77. The number of hydrogen-bond donors (Lipinski definition) is 2. The van der Waals surface area contributed by atoms with Gasteiger partial charge < -0.3 is 11.1 Å². The Morgan fingerprint density at radius 2 is 1.83 bits per heavy atom. The van der Waals surface area contributed by atoms with Gasteiger partial charge in [-0.05, 0) is 23.8 Å². The molecule has 2 aromatic rings. The standard InChI is InChI=1S/C12H12ClN3.2ClH/c13-10-5-2-1-4-9(10)8-16-12-11(14)6-3-7-15-12;;/h1-7H,8,14H2,(H,15,16);2*1H. The molecule has 0 spiro atoms. The highest BCUT2D eigenvalue weighted by Gasteiger charge is 2.01. The Balaban J connectivity index is 0.00000144. The molecule has 3 N–H and O–H groups in total. The Morgan fingerprint density at radius 1 is 1.11 bits per heavy atom. The number of nitrogens with one attached hydrogen (secondary N) is 1. The van der Waals surface area contributed by atoms with Crippen LogP contribution in [0.25, 0.3) is 0 Å². The number of nitrogens with two attached hydrogens (primary N) is 1. The van der Waals surface area contributed by atoms with Crippen molar-refractivity contribution in [1.82, 2.24) is 4.98 Å². The molecule has 0 bridgehead atoms. The molecule has 98 valence electrons. The first-order valence-corrected chi connectivity index (χ1v) is 5.33. The van der Waals surface area contributed by atoms with E-state index in [0.717, 1.165) is 10.6 Å². The highest BCUT2D eigenvalue weighted by molar-refractivity contribution is 6.31. The Labute approximate surface area is 124 Å². The number of halogens is 3. The fraction of sp³-hybridized carbons (Fsp3) is 0.0833. The van der Waals surface area contributed by atoms with E-state index in [9.17, 15) is 0 Å². The van der Waals surface area contributed by atoms with Gasteiger partial charge in [-0.3, -0.25) is 0 Å². The molecule has 0 saturated heterocycles. The Morgan fingerprint density at radius 3 is 2.50 bits per heavy atom. The molecule has 0 amide bonds. The molecular formula is C12H14Cl3N3. The van der Waals surface area contributed by atoms with E-state index in [-0.39, 0.29) is 24.8 Å². The van der Waals surface area contributed by atoms with E-state index in [0.29, 0.717) is 18.1 Å². The topological polar surface area (TPSA) is 50.9 Å². The average Bonchev–Trinajstić information content (AvgIpc) is 2.30. The van der Waals surface area contributed by atoms with Gasteiger partial charge in [-0.1, -0.05) is 29.8 Å². The molecule has 0 aliphatic rings. The van der Waals surface area contributed by atoms with Gasteiger partial charge in [-0.2, -0.15) is 0 Å². The number of anilines is 2. The van der Waals surface area contributed by atoms with Gasteiger partial charge in [0.2, 0.25) is 0 Å². The fourth-order valence-corrected chi connectivity index (χ4v) is 1.59. The molecule has 0 atom stereocenters. The second-order valence-corrected chi connectivity index (χ2v) is 3.79. The smallest absolute Gasteiger partial charge is 0.149 e. The van der Waals surface area contributed by atoms with Gasteiger partial charge in [-0.15, -0.1) is 24.8 Å². The van der Waals surface area contributed by atoms with Crippen molar-refractivity contribution < 1.29 is 0 Å². The molecule has 0 radical (unpaired) electrons. The SMILES string of the molecule is Cl.Cl.Nc1cccnc1NCc1ccccc1Cl. The van der Waals surface area contributed by atoms with Gasteiger partial charge in [0.15, 0.2) is 0 Å². The molecule has 0 fully saturated rings. The number of benzene rings is 1. The summed E-state index contributed by atoms with van der Waals surface area (Å²) in [4.78, 5) is 4.14. The fourth-order valence-electron chi connectivity index (χ4n) is 1.39. The van der Waals surface area contributed by atoms with Crippen molar-refractivity contribution in [2.24, 2.45) is 0 Å². The first-order chi connectivity index (χ1) is 7.77. The number of nitrogens with zero attached hydrogens (tertiary/aromatic N) is 1. The molecule has 6 heteroatoms. The van der Waals surface area contributed by atoms with Crippen molar-refractivity contribution in [3.63, 3.8) is 0 Å². The van der Waals surface area contributed by atoms with Gasteiger partial charge in [0.05, 0.1) is 5.69 Å². The summed E-state index contributed by atoms with van der Waals surface area (Å²) in [5, 5.41) is 3.89. The minimum atomic E-state index is 0. The number of aromatic nitrogens is 1. The van der Waals surface area contributed by atoms with Gasteiger partial charge in [0.1, 0.15) is 5.82 Å². The van der Waals surface area contributed by atoms with Gasteiger partial charge in [-0.25, -0.2) is 4.98 Å². The van der Waals surface area contributed by atoms with Crippen LogP contribution in [0.4, 0.5) is 11.5 Å². The minimum absolute atomic E-state index is 0. The second kappa shape index (κ2) is 8.03. The molecule has 18 heavy (non-hydrogen) atoms. The summed E-state index contributed by atoms with van der Waals surface area (Å²) in [7, 11) is 0. The van der Waals surface area contributed by atoms with Crippen LogP contribution in [0.5, 0.6) is 0 Å². The summed E-state index contributed by atoms with van der Waals surface area (Å²) in [6.45, 7) is 0.612. The van der Waals surface area contributed by atoms with Crippen LogP contribution in [0.1, 0.15) is 5.56 Å². The molecule has 3 nitrogen and oxygen atoms in total. The summed E-state index contributed by atoms with van der Waals surface area (Å²) in [5.74, 6) is 0.683.